The molecule has 1 atom stereocenters. The van der Waals surface area contributed by atoms with E-state index < -0.39 is 5.60 Å². The van der Waals surface area contributed by atoms with Crippen molar-refractivity contribution < 1.29 is 9.90 Å². The van der Waals surface area contributed by atoms with Crippen LogP contribution in [-0.2, 0) is 6.54 Å². The Labute approximate surface area is 100 Å². The molecule has 92 valence electrons. The van der Waals surface area contributed by atoms with E-state index in [2.05, 4.69) is 4.98 Å². The fourth-order valence-electron chi connectivity index (χ4n) is 1.95. The number of β-amino-alcohol motifs (C(OH)–C–C–N with tert-alkyl or cyclic N) is 1. The Hall–Kier alpha value is -1.46. The number of aliphatic hydroxyl groups is 1. The monoisotopic (exact) mass is 235 g/mol. The Balaban J connectivity index is 2.09. The minimum absolute atomic E-state index is 0.133. The van der Waals surface area contributed by atoms with E-state index in [1.54, 1.807) is 30.2 Å². The van der Waals surface area contributed by atoms with Crippen LogP contribution in [0.25, 0.3) is 0 Å². The van der Waals surface area contributed by atoms with E-state index in [1.807, 2.05) is 0 Å². The van der Waals surface area contributed by atoms with Crippen molar-refractivity contribution in [2.24, 2.45) is 5.73 Å². The van der Waals surface area contributed by atoms with Crippen molar-refractivity contribution in [1.29, 1.82) is 0 Å². The predicted octanol–water partition coefficient (Wildman–Crippen LogP) is 0.137. The lowest BCUT2D eigenvalue weighted by Crippen LogP contribution is -2.34. The first kappa shape index (κ1) is 12.0. The number of amides is 1. The van der Waals surface area contributed by atoms with Crippen molar-refractivity contribution in [1.82, 2.24) is 9.88 Å². The van der Waals surface area contributed by atoms with Gasteiger partial charge in [-0.3, -0.25) is 9.78 Å². The third kappa shape index (κ3) is 2.62. The van der Waals surface area contributed by atoms with E-state index >= 15 is 0 Å². The summed E-state index contributed by atoms with van der Waals surface area (Å²) >= 11 is 0. The number of aromatic nitrogens is 1. The number of rotatable bonds is 2. The van der Waals surface area contributed by atoms with Gasteiger partial charge in [0.05, 0.1) is 5.60 Å². The highest BCUT2D eigenvalue weighted by Crippen LogP contribution is 2.21. The second kappa shape index (κ2) is 4.43. The molecule has 5 nitrogen and oxygen atoms in total. The van der Waals surface area contributed by atoms with Crippen LogP contribution >= 0.6 is 0 Å². The van der Waals surface area contributed by atoms with Crippen molar-refractivity contribution in [2.45, 2.75) is 25.5 Å². The molecule has 1 unspecified atom stereocenters. The van der Waals surface area contributed by atoms with Crippen LogP contribution in [0.15, 0.2) is 18.3 Å². The van der Waals surface area contributed by atoms with Gasteiger partial charge in [0, 0.05) is 25.8 Å². The second-order valence-corrected chi connectivity index (χ2v) is 4.73. The van der Waals surface area contributed by atoms with Gasteiger partial charge in [-0.15, -0.1) is 0 Å². The van der Waals surface area contributed by atoms with Gasteiger partial charge >= 0.3 is 0 Å². The van der Waals surface area contributed by atoms with Gasteiger partial charge in [0.25, 0.3) is 5.91 Å². The summed E-state index contributed by atoms with van der Waals surface area (Å²) in [6.07, 6.45) is 2.22. The minimum Gasteiger partial charge on any atom is -0.388 e. The maximum atomic E-state index is 12.1. The van der Waals surface area contributed by atoms with Crippen molar-refractivity contribution >= 4 is 5.91 Å². The first-order valence-electron chi connectivity index (χ1n) is 5.68. The number of likely N-dealkylation sites (tertiary alicyclic amines) is 1. The van der Waals surface area contributed by atoms with Crippen LogP contribution in [0.5, 0.6) is 0 Å². The summed E-state index contributed by atoms with van der Waals surface area (Å²) in [5.41, 5.74) is 6.00. The van der Waals surface area contributed by atoms with Crippen molar-refractivity contribution in [3.8, 4) is 0 Å². The highest BCUT2D eigenvalue weighted by molar-refractivity contribution is 5.92. The zero-order valence-corrected chi connectivity index (χ0v) is 9.89. The average Bonchev–Trinajstić information content (AvgIpc) is 2.69. The zero-order valence-electron chi connectivity index (χ0n) is 9.89. The number of hydrogen-bond donors (Lipinski definition) is 2. The lowest BCUT2D eigenvalue weighted by Gasteiger charge is -2.18. The molecule has 1 fully saturated rings. The molecule has 5 heteroatoms. The molecule has 0 aliphatic carbocycles. The third-order valence-corrected chi connectivity index (χ3v) is 3.02. The van der Waals surface area contributed by atoms with Crippen molar-refractivity contribution in [2.75, 3.05) is 13.1 Å². The molecule has 1 aliphatic heterocycles. The lowest BCUT2D eigenvalue weighted by molar-refractivity contribution is 0.0569. The van der Waals surface area contributed by atoms with Gasteiger partial charge in [-0.25, -0.2) is 0 Å². The van der Waals surface area contributed by atoms with Gasteiger partial charge in [-0.2, -0.15) is 0 Å². The molecule has 3 N–H and O–H groups in total. The standard InChI is InChI=1S/C12H17N3O2/c1-12(17)4-5-15(8-12)11(16)10-3-2-9(6-13)7-14-10/h2-3,7,17H,4-6,8,13H2,1H3. The summed E-state index contributed by atoms with van der Waals surface area (Å²) in [6.45, 7) is 3.10. The maximum absolute atomic E-state index is 12.1. The molecule has 0 bridgehead atoms. The molecular formula is C12H17N3O2. The first-order valence-corrected chi connectivity index (χ1v) is 5.68. The molecule has 1 aromatic rings. The molecule has 2 heterocycles. The number of hydrogen-bond acceptors (Lipinski definition) is 4. The van der Waals surface area contributed by atoms with Crippen LogP contribution in [0.2, 0.25) is 0 Å². The van der Waals surface area contributed by atoms with Crippen LogP contribution in [0, 0.1) is 0 Å². The molecule has 0 radical (unpaired) electrons. The Kier molecular flexibility index (Phi) is 3.13. The topological polar surface area (TPSA) is 79.5 Å². The van der Waals surface area contributed by atoms with Gasteiger partial charge in [-0.05, 0) is 25.0 Å². The molecule has 2 rings (SSSR count). The molecule has 1 saturated heterocycles. The molecule has 0 saturated carbocycles. The molecule has 1 aliphatic rings. The fraction of sp³-hybridized carbons (Fsp3) is 0.500. The van der Waals surface area contributed by atoms with E-state index in [0.717, 1.165) is 5.56 Å². The second-order valence-electron chi connectivity index (χ2n) is 4.73. The third-order valence-electron chi connectivity index (χ3n) is 3.02. The number of nitrogens with zero attached hydrogens (tertiary/aromatic N) is 2. The normalized spacial score (nSPS) is 24.1. The molecule has 17 heavy (non-hydrogen) atoms. The fourth-order valence-corrected chi connectivity index (χ4v) is 1.95. The molecule has 1 amide bonds. The van der Waals surface area contributed by atoms with Gasteiger partial charge in [0.2, 0.25) is 0 Å². The van der Waals surface area contributed by atoms with Gasteiger partial charge in [0.1, 0.15) is 5.69 Å². The quantitative estimate of drug-likeness (QED) is 0.764. The van der Waals surface area contributed by atoms with Crippen LogP contribution in [-0.4, -0.2) is 39.6 Å². The Morgan fingerprint density at radius 1 is 1.65 bits per heavy atom. The number of pyridine rings is 1. The maximum Gasteiger partial charge on any atom is 0.272 e. The van der Waals surface area contributed by atoms with Crippen molar-refractivity contribution in [3.05, 3.63) is 29.6 Å². The number of carbonyl (C=O) groups is 1. The van der Waals surface area contributed by atoms with Crippen LogP contribution in [0.3, 0.4) is 0 Å². The number of nitrogens with two attached hydrogens (primary N) is 1. The number of carbonyl (C=O) groups excluding carboxylic acids is 1. The summed E-state index contributed by atoms with van der Waals surface area (Å²) in [5, 5.41) is 9.81. The van der Waals surface area contributed by atoms with Crippen LogP contribution < -0.4 is 5.73 Å². The van der Waals surface area contributed by atoms with Gasteiger partial charge in [-0.1, -0.05) is 6.07 Å². The minimum atomic E-state index is -0.771. The molecule has 0 aromatic carbocycles. The Morgan fingerprint density at radius 2 is 2.41 bits per heavy atom. The highest BCUT2D eigenvalue weighted by atomic mass is 16.3. The largest absolute Gasteiger partial charge is 0.388 e. The summed E-state index contributed by atoms with van der Waals surface area (Å²) < 4.78 is 0. The van der Waals surface area contributed by atoms with Gasteiger partial charge < -0.3 is 15.7 Å². The predicted molar refractivity (Wildman–Crippen MR) is 63.3 cm³/mol. The smallest absolute Gasteiger partial charge is 0.272 e. The highest BCUT2D eigenvalue weighted by Gasteiger charge is 2.34. The van der Waals surface area contributed by atoms with Crippen LogP contribution in [0.1, 0.15) is 29.4 Å². The Bertz CT molecular complexity index is 414. The molecule has 0 spiro atoms. The average molecular weight is 235 g/mol. The Morgan fingerprint density at radius 3 is 2.88 bits per heavy atom. The van der Waals surface area contributed by atoms with Crippen LogP contribution in [0.4, 0.5) is 0 Å². The van der Waals surface area contributed by atoms with Crippen molar-refractivity contribution in [3.63, 3.8) is 0 Å². The first-order chi connectivity index (χ1) is 8.02. The summed E-state index contributed by atoms with van der Waals surface area (Å²) in [4.78, 5) is 17.8. The summed E-state index contributed by atoms with van der Waals surface area (Å²) in [7, 11) is 0. The molecule has 1 aromatic heterocycles. The lowest BCUT2D eigenvalue weighted by atomic mass is 10.1. The zero-order chi connectivity index (χ0) is 12.5. The SMILES string of the molecule is CC1(O)CCN(C(=O)c2ccc(CN)cn2)C1. The van der Waals surface area contributed by atoms with Gasteiger partial charge in [0.15, 0.2) is 0 Å². The van der Waals surface area contributed by atoms with E-state index in [4.69, 9.17) is 5.73 Å². The van der Waals surface area contributed by atoms with E-state index in [-0.39, 0.29) is 5.91 Å². The van der Waals surface area contributed by atoms with E-state index in [0.29, 0.717) is 31.7 Å². The summed E-state index contributed by atoms with van der Waals surface area (Å²) in [5.74, 6) is -0.133. The molecular weight excluding hydrogens is 218 g/mol. The van der Waals surface area contributed by atoms with E-state index in [1.165, 1.54) is 0 Å². The van der Waals surface area contributed by atoms with E-state index in [9.17, 15) is 9.90 Å². The summed E-state index contributed by atoms with van der Waals surface area (Å²) in [6, 6.07) is 3.48.